The van der Waals surface area contributed by atoms with Gasteiger partial charge < -0.3 is 28.6 Å². The van der Waals surface area contributed by atoms with Gasteiger partial charge in [-0.25, -0.2) is 4.79 Å². The standard InChI is InChI=1S/C17H12ClF3N2O4.C5H11NO2/c18-13-5-6-14(26-9-24)11(7-13)8-23-16(25)27-15(22-23)10-1-3-12(4-2-10)17(19,20)21;1-6(2,3)4-5(7)8/h1-7,24H,8-9H2;4H2,1-3H3. The highest BCUT2D eigenvalue weighted by molar-refractivity contribution is 6.30. The van der Waals surface area contributed by atoms with Crippen LogP contribution >= 0.6 is 11.6 Å². The largest absolute Gasteiger partial charge is 0.544 e. The Morgan fingerprint density at radius 1 is 1.20 bits per heavy atom. The second-order valence-corrected chi connectivity index (χ2v) is 8.69. The average Bonchev–Trinajstić information content (AvgIpc) is 3.08. The first-order valence-corrected chi connectivity index (χ1v) is 10.4. The Morgan fingerprint density at radius 2 is 1.83 bits per heavy atom. The van der Waals surface area contributed by atoms with Crippen LogP contribution in [0.3, 0.4) is 0 Å². The van der Waals surface area contributed by atoms with Gasteiger partial charge in [-0.2, -0.15) is 17.9 Å². The molecule has 1 heterocycles. The monoisotopic (exact) mass is 517 g/mol. The number of carbonyl (C=O) groups is 1. The Balaban J connectivity index is 0.000000466. The highest BCUT2D eigenvalue weighted by Crippen LogP contribution is 2.30. The number of nitrogens with zero attached hydrogens (tertiary/aromatic N) is 3. The summed E-state index contributed by atoms with van der Waals surface area (Å²) in [5.41, 5.74) is -0.138. The topological polar surface area (TPSA) is 118 Å². The van der Waals surface area contributed by atoms with Crippen LogP contribution < -0.4 is 15.6 Å². The van der Waals surface area contributed by atoms with Gasteiger partial charge in [0.15, 0.2) is 6.79 Å². The quantitative estimate of drug-likeness (QED) is 0.376. The molecule has 0 saturated heterocycles. The van der Waals surface area contributed by atoms with Gasteiger partial charge in [-0.15, -0.1) is 5.10 Å². The number of carboxylic acids is 1. The number of carbonyl (C=O) groups excluding carboxylic acids is 1. The van der Waals surface area contributed by atoms with Gasteiger partial charge >= 0.3 is 11.9 Å². The first kappa shape index (κ1) is 27.9. The number of hydrogen-bond donors (Lipinski definition) is 1. The van der Waals surface area contributed by atoms with Crippen LogP contribution in [0.1, 0.15) is 11.1 Å². The molecule has 0 saturated carbocycles. The number of hydrogen-bond acceptors (Lipinski definition) is 7. The SMILES string of the molecule is C[N+](C)(C)CC(=O)[O-].O=c1oc(-c2ccc(C(F)(F)F)cc2)nn1Cc1cc(Cl)ccc1OCO. The van der Waals surface area contributed by atoms with Crippen molar-refractivity contribution < 1.29 is 41.8 Å². The van der Waals surface area contributed by atoms with Crippen LogP contribution in [0.15, 0.2) is 51.7 Å². The van der Waals surface area contributed by atoms with Gasteiger partial charge in [0.05, 0.1) is 39.2 Å². The van der Waals surface area contributed by atoms with Crippen LogP contribution in [0.25, 0.3) is 11.5 Å². The van der Waals surface area contributed by atoms with Crippen LogP contribution in [-0.2, 0) is 17.5 Å². The molecule has 0 bridgehead atoms. The Kier molecular flexibility index (Phi) is 9.07. The van der Waals surface area contributed by atoms with E-state index >= 15 is 0 Å². The van der Waals surface area contributed by atoms with E-state index in [0.717, 1.165) is 28.9 Å². The minimum absolute atomic E-state index is 0.0694. The third-order valence-corrected chi connectivity index (χ3v) is 4.47. The fraction of sp³-hybridized carbons (Fsp3) is 0.318. The summed E-state index contributed by atoms with van der Waals surface area (Å²) in [7, 11) is 5.40. The number of halogens is 4. The number of aliphatic hydroxyl groups is 1. The lowest BCUT2D eigenvalue weighted by molar-refractivity contribution is -0.864. The molecule has 0 amide bonds. The van der Waals surface area contributed by atoms with Crippen molar-refractivity contribution in [2.75, 3.05) is 34.5 Å². The van der Waals surface area contributed by atoms with E-state index in [4.69, 9.17) is 25.9 Å². The Hall–Kier alpha value is -3.35. The molecular formula is C22H23ClF3N3O6. The fourth-order valence-corrected chi connectivity index (χ4v) is 2.95. The molecular weight excluding hydrogens is 495 g/mol. The maximum Gasteiger partial charge on any atom is 0.437 e. The number of alkyl halides is 3. The molecule has 1 N–H and O–H groups in total. The number of benzene rings is 2. The van der Waals surface area contributed by atoms with E-state index < -0.39 is 30.3 Å². The molecule has 2 aromatic carbocycles. The van der Waals surface area contributed by atoms with Crippen molar-refractivity contribution in [3.63, 3.8) is 0 Å². The van der Waals surface area contributed by atoms with E-state index in [-0.39, 0.29) is 24.5 Å². The van der Waals surface area contributed by atoms with Gasteiger partial charge in [0.2, 0.25) is 5.89 Å². The van der Waals surface area contributed by atoms with E-state index in [1.807, 2.05) is 0 Å². The van der Waals surface area contributed by atoms with E-state index in [1.54, 1.807) is 27.2 Å². The van der Waals surface area contributed by atoms with Gasteiger partial charge in [-0.05, 0) is 42.5 Å². The van der Waals surface area contributed by atoms with E-state index in [1.165, 1.54) is 12.1 Å². The molecule has 0 fully saturated rings. The molecule has 9 nitrogen and oxygen atoms in total. The molecule has 0 radical (unpaired) electrons. The Morgan fingerprint density at radius 3 is 2.31 bits per heavy atom. The number of rotatable bonds is 7. The molecule has 13 heteroatoms. The second-order valence-electron chi connectivity index (χ2n) is 8.25. The maximum absolute atomic E-state index is 12.6. The summed E-state index contributed by atoms with van der Waals surface area (Å²) >= 11 is 5.93. The highest BCUT2D eigenvalue weighted by atomic mass is 35.5. The van der Waals surface area contributed by atoms with Gasteiger partial charge in [0.1, 0.15) is 12.3 Å². The van der Waals surface area contributed by atoms with Gasteiger partial charge in [0, 0.05) is 16.1 Å². The van der Waals surface area contributed by atoms with Gasteiger partial charge in [-0.1, -0.05) is 11.6 Å². The van der Waals surface area contributed by atoms with E-state index in [0.29, 0.717) is 20.8 Å². The molecule has 0 atom stereocenters. The van der Waals surface area contributed by atoms with Crippen LogP contribution in [0.5, 0.6) is 5.75 Å². The molecule has 3 aromatic rings. The first-order chi connectivity index (χ1) is 16.2. The molecule has 0 unspecified atom stereocenters. The number of aromatic nitrogens is 2. The molecule has 1 aromatic heterocycles. The minimum atomic E-state index is -4.46. The first-order valence-electron chi connectivity index (χ1n) is 9.97. The number of likely N-dealkylation sites (N-methyl/N-ethyl adjacent to an activating group) is 1. The van der Waals surface area contributed by atoms with Gasteiger partial charge in [0.25, 0.3) is 0 Å². The molecule has 3 rings (SSSR count). The second kappa shape index (κ2) is 11.4. The number of aliphatic hydroxyl groups excluding tert-OH is 1. The number of aliphatic carboxylic acids is 1. The summed E-state index contributed by atoms with van der Waals surface area (Å²) < 4.78 is 49.4. The van der Waals surface area contributed by atoms with Crippen molar-refractivity contribution in [3.8, 4) is 17.2 Å². The zero-order valence-electron chi connectivity index (χ0n) is 19.0. The molecule has 190 valence electrons. The third-order valence-electron chi connectivity index (χ3n) is 4.23. The lowest BCUT2D eigenvalue weighted by Crippen LogP contribution is -2.45. The summed E-state index contributed by atoms with van der Waals surface area (Å²) in [6.45, 7) is -0.571. The Bertz CT molecular complexity index is 1200. The number of carboxylic acid groups (broad SMARTS) is 1. The highest BCUT2D eigenvalue weighted by Gasteiger charge is 2.30. The zero-order valence-corrected chi connectivity index (χ0v) is 19.8. The van der Waals surface area contributed by atoms with Crippen molar-refractivity contribution >= 4 is 17.6 Å². The third kappa shape index (κ3) is 8.74. The number of quaternary nitrogens is 1. The van der Waals surface area contributed by atoms with Crippen molar-refractivity contribution in [1.82, 2.24) is 9.78 Å². The summed E-state index contributed by atoms with van der Waals surface area (Å²) in [4.78, 5) is 21.9. The zero-order chi connectivity index (χ0) is 26.4. The summed E-state index contributed by atoms with van der Waals surface area (Å²) in [6.07, 6.45) is -4.46. The summed E-state index contributed by atoms with van der Waals surface area (Å²) in [5, 5.41) is 23.2. The smallest absolute Gasteiger partial charge is 0.437 e. The summed E-state index contributed by atoms with van der Waals surface area (Å²) in [6, 6.07) is 8.68. The molecule has 0 aliphatic heterocycles. The van der Waals surface area contributed by atoms with E-state index in [9.17, 15) is 27.9 Å². The van der Waals surface area contributed by atoms with E-state index in [2.05, 4.69) is 5.10 Å². The Labute approximate surface area is 203 Å². The normalized spacial score (nSPS) is 11.5. The van der Waals surface area contributed by atoms with Crippen LogP contribution in [0.2, 0.25) is 5.02 Å². The molecule has 35 heavy (non-hydrogen) atoms. The minimum Gasteiger partial charge on any atom is -0.544 e. The number of ether oxygens (including phenoxy) is 1. The fourth-order valence-electron chi connectivity index (χ4n) is 2.76. The van der Waals surface area contributed by atoms with Crippen molar-refractivity contribution in [2.45, 2.75) is 12.7 Å². The lowest BCUT2D eigenvalue weighted by atomic mass is 10.1. The summed E-state index contributed by atoms with van der Waals surface area (Å²) in [5.74, 6) is -1.63. The van der Waals surface area contributed by atoms with Gasteiger partial charge in [-0.3, -0.25) is 0 Å². The average molecular weight is 518 g/mol. The van der Waals surface area contributed by atoms with Crippen LogP contribution in [0.4, 0.5) is 13.2 Å². The predicted molar refractivity (Wildman–Crippen MR) is 117 cm³/mol. The van der Waals surface area contributed by atoms with Crippen molar-refractivity contribution in [1.29, 1.82) is 0 Å². The maximum atomic E-state index is 12.6. The predicted octanol–water partition coefficient (Wildman–Crippen LogP) is 1.99. The molecule has 0 aliphatic rings. The lowest BCUT2D eigenvalue weighted by Gasteiger charge is -2.23. The molecule has 0 aliphatic carbocycles. The van der Waals surface area contributed by atoms with Crippen molar-refractivity contribution in [2.24, 2.45) is 0 Å². The van der Waals surface area contributed by atoms with Crippen LogP contribution in [0, 0.1) is 0 Å². The molecule has 0 spiro atoms. The van der Waals surface area contributed by atoms with Crippen molar-refractivity contribution in [3.05, 3.63) is 69.2 Å². The van der Waals surface area contributed by atoms with Crippen LogP contribution in [-0.4, -0.2) is 59.8 Å².